The lowest BCUT2D eigenvalue weighted by molar-refractivity contribution is -0.138. The Balaban J connectivity index is 2.78. The van der Waals surface area contributed by atoms with E-state index in [4.69, 9.17) is 10.8 Å². The molecular weight excluding hydrogens is 236 g/mol. The molecule has 1 amide bonds. The number of nitrogens with one attached hydrogen (secondary N) is 1. The van der Waals surface area contributed by atoms with E-state index in [1.54, 1.807) is 37.3 Å². The second-order valence-corrected chi connectivity index (χ2v) is 3.96. The van der Waals surface area contributed by atoms with Crippen molar-refractivity contribution in [1.29, 1.82) is 0 Å². The highest BCUT2D eigenvalue weighted by molar-refractivity contribution is 5.98. The number of rotatable bonds is 5. The zero-order valence-corrected chi connectivity index (χ0v) is 10.3. The van der Waals surface area contributed by atoms with Gasteiger partial charge in [-0.2, -0.15) is 0 Å². The fourth-order valence-electron chi connectivity index (χ4n) is 1.36. The first kappa shape index (κ1) is 13.9. The summed E-state index contributed by atoms with van der Waals surface area (Å²) in [7, 11) is 3.57. The van der Waals surface area contributed by atoms with Gasteiger partial charge in [0.15, 0.2) is 5.82 Å². The van der Waals surface area contributed by atoms with Gasteiger partial charge < -0.3 is 21.1 Å². The predicted octanol–water partition coefficient (Wildman–Crippen LogP) is -0.112. The molecule has 1 rings (SSSR count). The van der Waals surface area contributed by atoms with Crippen LogP contribution in [0.3, 0.4) is 0 Å². The molecule has 0 spiro atoms. The van der Waals surface area contributed by atoms with E-state index in [0.717, 1.165) is 0 Å². The average Bonchev–Trinajstić information content (AvgIpc) is 2.28. The van der Waals surface area contributed by atoms with Crippen molar-refractivity contribution < 1.29 is 14.7 Å². The summed E-state index contributed by atoms with van der Waals surface area (Å²) in [5, 5.41) is 11.1. The van der Waals surface area contributed by atoms with Crippen molar-refractivity contribution in [3.8, 4) is 0 Å². The minimum Gasteiger partial charge on any atom is -0.481 e. The van der Waals surface area contributed by atoms with Crippen LogP contribution in [0.5, 0.6) is 0 Å². The number of anilines is 2. The highest BCUT2D eigenvalue weighted by Gasteiger charge is 2.18. The zero-order chi connectivity index (χ0) is 13.7. The molecule has 7 heteroatoms. The monoisotopic (exact) mass is 252 g/mol. The van der Waals surface area contributed by atoms with E-state index < -0.39 is 24.3 Å². The molecule has 0 aliphatic carbocycles. The number of aliphatic carboxylic acids is 1. The molecule has 1 atom stereocenters. The minimum atomic E-state index is -1.11. The number of hydrogen-bond donors (Lipinski definition) is 3. The van der Waals surface area contributed by atoms with Crippen molar-refractivity contribution in [1.82, 2.24) is 4.98 Å². The van der Waals surface area contributed by atoms with Crippen molar-refractivity contribution in [3.05, 3.63) is 18.3 Å². The first-order valence-corrected chi connectivity index (χ1v) is 5.32. The van der Waals surface area contributed by atoms with Gasteiger partial charge in [0.2, 0.25) is 5.91 Å². The number of nitrogens with two attached hydrogens (primary N) is 1. The van der Waals surface area contributed by atoms with Gasteiger partial charge in [0.1, 0.15) is 0 Å². The fraction of sp³-hybridized carbons (Fsp3) is 0.364. The molecule has 1 unspecified atom stereocenters. The van der Waals surface area contributed by atoms with Crippen LogP contribution < -0.4 is 16.0 Å². The molecule has 1 heterocycles. The Morgan fingerprint density at radius 2 is 2.22 bits per heavy atom. The summed E-state index contributed by atoms with van der Waals surface area (Å²) in [6, 6.07) is 2.26. The molecule has 4 N–H and O–H groups in total. The second-order valence-electron chi connectivity index (χ2n) is 3.96. The SMILES string of the molecule is CN(C)c1ncccc1NC(=O)C(N)CC(=O)O. The van der Waals surface area contributed by atoms with E-state index >= 15 is 0 Å². The summed E-state index contributed by atoms with van der Waals surface area (Å²) in [5.74, 6) is -1.08. The minimum absolute atomic E-state index is 0.413. The van der Waals surface area contributed by atoms with Gasteiger partial charge in [-0.3, -0.25) is 9.59 Å². The van der Waals surface area contributed by atoms with Crippen molar-refractivity contribution in [2.75, 3.05) is 24.3 Å². The molecule has 0 aromatic carbocycles. The maximum atomic E-state index is 11.7. The van der Waals surface area contributed by atoms with Crippen LogP contribution in [0.15, 0.2) is 18.3 Å². The van der Waals surface area contributed by atoms with Crippen LogP contribution in [0.25, 0.3) is 0 Å². The summed E-state index contributed by atoms with van der Waals surface area (Å²) in [4.78, 5) is 28.0. The number of nitrogens with zero attached hydrogens (tertiary/aromatic N) is 2. The number of carbonyl (C=O) groups is 2. The smallest absolute Gasteiger partial charge is 0.305 e. The van der Waals surface area contributed by atoms with Crippen LogP contribution in [-0.4, -0.2) is 42.1 Å². The number of aromatic nitrogens is 1. The first-order chi connectivity index (χ1) is 8.41. The summed E-state index contributed by atoms with van der Waals surface area (Å²) in [6.07, 6.45) is 1.19. The number of carboxylic acids is 1. The molecule has 0 saturated heterocycles. The Morgan fingerprint density at radius 3 is 2.78 bits per heavy atom. The van der Waals surface area contributed by atoms with E-state index in [9.17, 15) is 9.59 Å². The molecule has 18 heavy (non-hydrogen) atoms. The largest absolute Gasteiger partial charge is 0.481 e. The lowest BCUT2D eigenvalue weighted by atomic mass is 10.2. The van der Waals surface area contributed by atoms with Gasteiger partial charge in [-0.15, -0.1) is 0 Å². The number of amides is 1. The van der Waals surface area contributed by atoms with E-state index in [2.05, 4.69) is 10.3 Å². The van der Waals surface area contributed by atoms with Crippen LogP contribution in [0.1, 0.15) is 6.42 Å². The molecule has 0 fully saturated rings. The fourth-order valence-corrected chi connectivity index (χ4v) is 1.36. The Morgan fingerprint density at radius 1 is 1.56 bits per heavy atom. The standard InChI is InChI=1S/C11H16N4O3/c1-15(2)10-8(4-3-5-13-10)14-11(18)7(12)6-9(16)17/h3-5,7H,6,12H2,1-2H3,(H,14,18)(H,16,17). The van der Waals surface area contributed by atoms with E-state index in [1.807, 2.05) is 0 Å². The van der Waals surface area contributed by atoms with Gasteiger partial charge in [0.05, 0.1) is 18.2 Å². The molecule has 0 bridgehead atoms. The molecule has 7 nitrogen and oxygen atoms in total. The van der Waals surface area contributed by atoms with Crippen LogP contribution in [0.2, 0.25) is 0 Å². The van der Waals surface area contributed by atoms with E-state index in [0.29, 0.717) is 11.5 Å². The third-order valence-corrected chi connectivity index (χ3v) is 2.20. The lowest BCUT2D eigenvalue weighted by Gasteiger charge is -2.17. The molecule has 0 aliphatic heterocycles. The van der Waals surface area contributed by atoms with Crippen molar-refractivity contribution in [3.63, 3.8) is 0 Å². The number of carbonyl (C=O) groups excluding carboxylic acids is 1. The van der Waals surface area contributed by atoms with Crippen molar-refractivity contribution in [2.24, 2.45) is 5.73 Å². The van der Waals surface area contributed by atoms with Gasteiger partial charge >= 0.3 is 5.97 Å². The quantitative estimate of drug-likeness (QED) is 0.674. The molecule has 0 aliphatic rings. The van der Waals surface area contributed by atoms with Gasteiger partial charge in [-0.25, -0.2) is 4.98 Å². The second kappa shape index (κ2) is 5.97. The summed E-state index contributed by atoms with van der Waals surface area (Å²) in [6.45, 7) is 0. The van der Waals surface area contributed by atoms with Gasteiger partial charge in [0, 0.05) is 20.3 Å². The molecule has 1 aromatic rings. The number of hydrogen-bond acceptors (Lipinski definition) is 5. The Hall–Kier alpha value is -2.15. The maximum absolute atomic E-state index is 11.7. The maximum Gasteiger partial charge on any atom is 0.305 e. The summed E-state index contributed by atoms with van der Waals surface area (Å²) < 4.78 is 0. The normalized spacial score (nSPS) is 11.7. The third kappa shape index (κ3) is 3.70. The highest BCUT2D eigenvalue weighted by Crippen LogP contribution is 2.20. The van der Waals surface area contributed by atoms with Gasteiger partial charge in [-0.05, 0) is 12.1 Å². The number of pyridine rings is 1. The van der Waals surface area contributed by atoms with Crippen molar-refractivity contribution >= 4 is 23.4 Å². The van der Waals surface area contributed by atoms with Crippen LogP contribution >= 0.6 is 0 Å². The highest BCUT2D eigenvalue weighted by atomic mass is 16.4. The lowest BCUT2D eigenvalue weighted by Crippen LogP contribution is -2.37. The van der Waals surface area contributed by atoms with E-state index in [1.165, 1.54) is 0 Å². The predicted molar refractivity (Wildman–Crippen MR) is 67.4 cm³/mol. The zero-order valence-electron chi connectivity index (χ0n) is 10.3. The van der Waals surface area contributed by atoms with Crippen LogP contribution in [0, 0.1) is 0 Å². The Kier molecular flexibility index (Phi) is 4.61. The topological polar surface area (TPSA) is 109 Å². The van der Waals surface area contributed by atoms with Crippen LogP contribution in [-0.2, 0) is 9.59 Å². The molecule has 1 aromatic heterocycles. The average molecular weight is 252 g/mol. The Bertz CT molecular complexity index is 448. The molecular formula is C11H16N4O3. The molecule has 98 valence electrons. The molecule has 0 radical (unpaired) electrons. The number of carboxylic acid groups (broad SMARTS) is 1. The Labute approximate surface area is 105 Å². The summed E-state index contributed by atoms with van der Waals surface area (Å²) >= 11 is 0. The molecule has 0 saturated carbocycles. The summed E-state index contributed by atoms with van der Waals surface area (Å²) in [5.41, 5.74) is 5.96. The van der Waals surface area contributed by atoms with Crippen LogP contribution in [0.4, 0.5) is 11.5 Å². The van der Waals surface area contributed by atoms with E-state index in [-0.39, 0.29) is 0 Å². The van der Waals surface area contributed by atoms with Gasteiger partial charge in [-0.1, -0.05) is 0 Å². The first-order valence-electron chi connectivity index (χ1n) is 5.32. The van der Waals surface area contributed by atoms with Gasteiger partial charge in [0.25, 0.3) is 0 Å². The third-order valence-electron chi connectivity index (χ3n) is 2.20. The van der Waals surface area contributed by atoms with Crippen molar-refractivity contribution in [2.45, 2.75) is 12.5 Å².